The quantitative estimate of drug-likeness (QED) is 0.826. The number of carboxylic acids is 1. The minimum atomic E-state index is -1.10. The Morgan fingerprint density at radius 1 is 1.32 bits per heavy atom. The minimum absolute atomic E-state index is 0.0191. The summed E-state index contributed by atoms with van der Waals surface area (Å²) in [5, 5.41) is 12.0. The Morgan fingerprint density at radius 3 is 2.68 bits per heavy atom. The highest BCUT2D eigenvalue weighted by molar-refractivity contribution is 9.10. The van der Waals surface area contributed by atoms with E-state index < -0.39 is 5.97 Å². The van der Waals surface area contributed by atoms with Crippen molar-refractivity contribution >= 4 is 49.3 Å². The highest BCUT2D eigenvalue weighted by Crippen LogP contribution is 2.28. The van der Waals surface area contributed by atoms with Crippen molar-refractivity contribution in [1.82, 2.24) is 4.98 Å². The molecule has 0 bridgehead atoms. The predicted molar refractivity (Wildman–Crippen MR) is 76.3 cm³/mol. The van der Waals surface area contributed by atoms with Crippen molar-refractivity contribution in [2.24, 2.45) is 0 Å². The van der Waals surface area contributed by atoms with Crippen molar-refractivity contribution in [3.8, 4) is 0 Å². The predicted octanol–water partition coefficient (Wildman–Crippen LogP) is 4.19. The van der Waals surface area contributed by atoms with Gasteiger partial charge in [-0.2, -0.15) is 0 Å². The van der Waals surface area contributed by atoms with Gasteiger partial charge in [0.15, 0.2) is 0 Å². The summed E-state index contributed by atoms with van der Waals surface area (Å²) < 4.78 is 14.0. The third kappa shape index (κ3) is 3.30. The Kier molecular flexibility index (Phi) is 4.16. The Morgan fingerprint density at radius 2 is 2.05 bits per heavy atom. The third-order valence-electron chi connectivity index (χ3n) is 2.27. The maximum atomic E-state index is 13.0. The molecule has 0 aliphatic rings. The molecule has 7 heteroatoms. The molecule has 0 amide bonds. The third-order valence-corrected chi connectivity index (χ3v) is 3.36. The van der Waals surface area contributed by atoms with Crippen LogP contribution in [0.3, 0.4) is 0 Å². The zero-order chi connectivity index (χ0) is 14.0. The molecule has 0 spiro atoms. The first-order chi connectivity index (χ1) is 8.97. The molecule has 0 aliphatic heterocycles. The second-order valence-corrected chi connectivity index (χ2v) is 5.37. The van der Waals surface area contributed by atoms with E-state index in [0.29, 0.717) is 14.6 Å². The monoisotopic (exact) mass is 388 g/mol. The van der Waals surface area contributed by atoms with Gasteiger partial charge in [0.25, 0.3) is 0 Å². The summed E-state index contributed by atoms with van der Waals surface area (Å²) in [4.78, 5) is 15.1. The average Bonchev–Trinajstić information content (AvgIpc) is 2.34. The van der Waals surface area contributed by atoms with E-state index in [1.807, 2.05) is 0 Å². The molecule has 98 valence electrons. The molecule has 0 saturated heterocycles. The number of nitrogens with zero attached hydrogens (tertiary/aromatic N) is 1. The number of pyridine rings is 1. The zero-order valence-electron chi connectivity index (χ0n) is 9.32. The maximum Gasteiger partial charge on any atom is 0.339 e. The number of rotatable bonds is 3. The standard InChI is InChI=1S/C12H7Br2FN2O2/c13-6-3-8(12(18)19)11(16-5-6)17-10-2-1-7(15)4-9(10)14/h1-5H,(H,16,17)(H,18,19). The summed E-state index contributed by atoms with van der Waals surface area (Å²) in [7, 11) is 0. The fourth-order valence-corrected chi connectivity index (χ4v) is 2.20. The molecule has 2 aromatic rings. The van der Waals surface area contributed by atoms with Gasteiger partial charge in [-0.15, -0.1) is 0 Å². The van der Waals surface area contributed by atoms with E-state index in [4.69, 9.17) is 5.11 Å². The lowest BCUT2D eigenvalue weighted by atomic mass is 10.2. The molecular formula is C12H7Br2FN2O2. The molecule has 4 nitrogen and oxygen atoms in total. The highest BCUT2D eigenvalue weighted by Gasteiger charge is 2.13. The van der Waals surface area contributed by atoms with Crippen LogP contribution in [0.15, 0.2) is 39.4 Å². The number of aromatic carboxylic acids is 1. The summed E-state index contributed by atoms with van der Waals surface area (Å²) in [6.07, 6.45) is 1.48. The number of nitrogens with one attached hydrogen (secondary N) is 1. The van der Waals surface area contributed by atoms with E-state index in [1.165, 1.54) is 30.5 Å². The van der Waals surface area contributed by atoms with Crippen molar-refractivity contribution in [3.63, 3.8) is 0 Å². The van der Waals surface area contributed by atoms with Gasteiger partial charge in [0.2, 0.25) is 0 Å². The van der Waals surface area contributed by atoms with Gasteiger partial charge >= 0.3 is 5.97 Å². The van der Waals surface area contributed by atoms with E-state index in [2.05, 4.69) is 42.2 Å². The first kappa shape index (κ1) is 14.0. The lowest BCUT2D eigenvalue weighted by Crippen LogP contribution is -2.05. The van der Waals surface area contributed by atoms with Crippen LogP contribution in [0.4, 0.5) is 15.9 Å². The molecule has 2 N–H and O–H groups in total. The Balaban J connectivity index is 2.40. The molecule has 0 atom stereocenters. The Bertz CT molecular complexity index is 650. The van der Waals surface area contributed by atoms with Crippen LogP contribution < -0.4 is 5.32 Å². The number of benzene rings is 1. The first-order valence-corrected chi connectivity index (χ1v) is 6.67. The highest BCUT2D eigenvalue weighted by atomic mass is 79.9. The van der Waals surface area contributed by atoms with Crippen molar-refractivity contribution in [1.29, 1.82) is 0 Å². The SMILES string of the molecule is O=C(O)c1cc(Br)cnc1Nc1ccc(F)cc1Br. The molecular weight excluding hydrogens is 383 g/mol. The van der Waals surface area contributed by atoms with Gasteiger partial charge in [-0.05, 0) is 56.1 Å². The van der Waals surface area contributed by atoms with Crippen LogP contribution >= 0.6 is 31.9 Å². The number of halogens is 3. The number of hydrogen-bond acceptors (Lipinski definition) is 3. The van der Waals surface area contributed by atoms with Crippen molar-refractivity contribution in [2.75, 3.05) is 5.32 Å². The van der Waals surface area contributed by atoms with Gasteiger partial charge in [-0.25, -0.2) is 14.2 Å². The fraction of sp³-hybridized carbons (Fsp3) is 0. The summed E-state index contributed by atoms with van der Waals surface area (Å²) in [6, 6.07) is 5.48. The van der Waals surface area contributed by atoms with E-state index >= 15 is 0 Å². The van der Waals surface area contributed by atoms with Gasteiger partial charge in [0.05, 0.1) is 5.69 Å². The second kappa shape index (κ2) is 5.66. The zero-order valence-corrected chi connectivity index (χ0v) is 12.5. The van der Waals surface area contributed by atoms with Crippen LogP contribution in [-0.2, 0) is 0 Å². The van der Waals surface area contributed by atoms with Crippen molar-refractivity contribution in [3.05, 3.63) is 50.8 Å². The Labute approximate surface area is 124 Å². The van der Waals surface area contributed by atoms with E-state index in [1.54, 1.807) is 0 Å². The number of aromatic nitrogens is 1. The molecule has 19 heavy (non-hydrogen) atoms. The molecule has 0 unspecified atom stereocenters. The Hall–Kier alpha value is -1.47. The largest absolute Gasteiger partial charge is 0.478 e. The van der Waals surface area contributed by atoms with Gasteiger partial charge in [-0.1, -0.05) is 0 Å². The smallest absolute Gasteiger partial charge is 0.339 e. The van der Waals surface area contributed by atoms with E-state index in [9.17, 15) is 9.18 Å². The number of carbonyl (C=O) groups is 1. The second-order valence-electron chi connectivity index (χ2n) is 3.60. The molecule has 1 heterocycles. The van der Waals surface area contributed by atoms with Crippen molar-refractivity contribution < 1.29 is 14.3 Å². The summed E-state index contributed by atoms with van der Waals surface area (Å²) in [6.45, 7) is 0. The maximum absolute atomic E-state index is 13.0. The van der Waals surface area contributed by atoms with Crippen molar-refractivity contribution in [2.45, 2.75) is 0 Å². The van der Waals surface area contributed by atoms with Crippen LogP contribution in [-0.4, -0.2) is 16.1 Å². The fourth-order valence-electron chi connectivity index (χ4n) is 1.42. The molecule has 2 rings (SSSR count). The van der Waals surface area contributed by atoms with Gasteiger partial charge < -0.3 is 10.4 Å². The van der Waals surface area contributed by atoms with Crippen LogP contribution in [0, 0.1) is 5.82 Å². The topological polar surface area (TPSA) is 62.2 Å². The van der Waals surface area contributed by atoms with Crippen LogP contribution in [0.1, 0.15) is 10.4 Å². The van der Waals surface area contributed by atoms with Crippen LogP contribution in [0.2, 0.25) is 0 Å². The van der Waals surface area contributed by atoms with Gasteiger partial charge in [0.1, 0.15) is 17.2 Å². The molecule has 1 aromatic heterocycles. The number of anilines is 2. The summed E-state index contributed by atoms with van der Waals surface area (Å²) in [5.41, 5.74) is 0.546. The molecule has 1 aromatic carbocycles. The first-order valence-electron chi connectivity index (χ1n) is 5.08. The molecule has 0 fully saturated rings. The lowest BCUT2D eigenvalue weighted by Gasteiger charge is -2.10. The van der Waals surface area contributed by atoms with Crippen LogP contribution in [0.25, 0.3) is 0 Å². The molecule has 0 saturated carbocycles. The van der Waals surface area contributed by atoms with E-state index in [0.717, 1.165) is 0 Å². The molecule has 0 aliphatic carbocycles. The summed E-state index contributed by atoms with van der Waals surface area (Å²) in [5.74, 6) is -1.31. The lowest BCUT2D eigenvalue weighted by molar-refractivity contribution is 0.0697. The van der Waals surface area contributed by atoms with Gasteiger partial charge in [-0.3, -0.25) is 0 Å². The molecule has 0 radical (unpaired) electrons. The summed E-state index contributed by atoms with van der Waals surface area (Å²) >= 11 is 6.36. The number of carboxylic acid groups (broad SMARTS) is 1. The minimum Gasteiger partial charge on any atom is -0.478 e. The average molecular weight is 390 g/mol. The van der Waals surface area contributed by atoms with Crippen LogP contribution in [0.5, 0.6) is 0 Å². The normalized spacial score (nSPS) is 10.3. The number of hydrogen-bond donors (Lipinski definition) is 2. The van der Waals surface area contributed by atoms with Gasteiger partial charge in [0, 0.05) is 15.1 Å². The van der Waals surface area contributed by atoms with E-state index in [-0.39, 0.29) is 17.2 Å².